The van der Waals surface area contributed by atoms with Crippen LogP contribution in [0.1, 0.15) is 49.1 Å². The first kappa shape index (κ1) is 38.7. The van der Waals surface area contributed by atoms with Crippen LogP contribution in [0.4, 0.5) is 0 Å². The molecule has 0 amide bonds. The standard InChI is InChI=1S/C40H46O15/c1-16-8-21-24(14-51-16)34(43)30-22(10-20(12-27(30)49-6)54-40-37(46)36(45)39(50-7)28(13-41)55-40)29(21)32-23-9-19(47-4)11-26(48-5)31(23)35(44)25-15-52-17(2)38(33(25)32)53-18(3)42/h9-12,16-17,28,36-41,43-46H,8,13-15H2,1-7H3/t16-,17-,28+,36+,37+,38+,39+,40+/m0/s1. The fraction of sp³-hybridized carbons (Fsp3) is 0.475. The number of fused-ring (bicyclic) bond motifs is 4. The molecule has 1 fully saturated rings. The number of rotatable bonds is 9. The lowest BCUT2D eigenvalue weighted by molar-refractivity contribution is -0.281. The van der Waals surface area contributed by atoms with Crippen LogP contribution in [-0.4, -0.2) is 109 Å². The molecule has 0 aliphatic carbocycles. The molecule has 0 spiro atoms. The second-order valence-corrected chi connectivity index (χ2v) is 14.0. The van der Waals surface area contributed by atoms with Crippen LogP contribution in [0.2, 0.25) is 0 Å². The Morgan fingerprint density at radius 3 is 2.04 bits per heavy atom. The Balaban J connectivity index is 1.62. The highest BCUT2D eigenvalue weighted by molar-refractivity contribution is 6.15. The number of aromatic hydroxyl groups is 2. The van der Waals surface area contributed by atoms with E-state index < -0.39 is 55.5 Å². The Morgan fingerprint density at radius 2 is 1.42 bits per heavy atom. The van der Waals surface area contributed by atoms with E-state index in [4.69, 9.17) is 42.6 Å². The smallest absolute Gasteiger partial charge is 0.303 e. The maximum Gasteiger partial charge on any atom is 0.303 e. The van der Waals surface area contributed by atoms with Crippen molar-refractivity contribution in [1.82, 2.24) is 0 Å². The first-order valence-electron chi connectivity index (χ1n) is 17.9. The Hall–Kier alpha value is -4.61. The molecule has 296 valence electrons. The van der Waals surface area contributed by atoms with Gasteiger partial charge in [-0.25, -0.2) is 0 Å². The largest absolute Gasteiger partial charge is 0.507 e. The van der Waals surface area contributed by atoms with Gasteiger partial charge in [-0.2, -0.15) is 0 Å². The van der Waals surface area contributed by atoms with E-state index in [9.17, 15) is 30.3 Å². The topological polar surface area (TPSA) is 201 Å². The van der Waals surface area contributed by atoms with Gasteiger partial charge in [-0.3, -0.25) is 4.79 Å². The van der Waals surface area contributed by atoms with E-state index in [1.807, 2.05) is 6.92 Å². The van der Waals surface area contributed by atoms with Gasteiger partial charge in [-0.15, -0.1) is 0 Å². The second-order valence-electron chi connectivity index (χ2n) is 14.0. The van der Waals surface area contributed by atoms with Gasteiger partial charge in [0, 0.05) is 53.6 Å². The minimum absolute atomic E-state index is 0.0264. The molecular weight excluding hydrogens is 720 g/mol. The van der Waals surface area contributed by atoms with E-state index in [0.717, 1.165) is 0 Å². The van der Waals surface area contributed by atoms with Gasteiger partial charge < -0.3 is 68.2 Å². The summed E-state index contributed by atoms with van der Waals surface area (Å²) >= 11 is 0. The van der Waals surface area contributed by atoms with E-state index in [1.165, 1.54) is 41.4 Å². The number of esters is 1. The molecule has 15 heteroatoms. The average Bonchev–Trinajstić information content (AvgIpc) is 3.17. The molecule has 8 atom stereocenters. The zero-order valence-electron chi connectivity index (χ0n) is 31.6. The van der Waals surface area contributed by atoms with Crippen molar-refractivity contribution in [2.45, 2.75) is 89.4 Å². The van der Waals surface area contributed by atoms with Gasteiger partial charge in [0.25, 0.3) is 0 Å². The first-order valence-corrected chi connectivity index (χ1v) is 17.9. The minimum atomic E-state index is -1.58. The number of hydrogen-bond acceptors (Lipinski definition) is 15. The number of hydrogen-bond donors (Lipinski definition) is 5. The summed E-state index contributed by atoms with van der Waals surface area (Å²) in [4.78, 5) is 12.7. The number of methoxy groups -OCH3 is 4. The number of phenols is 2. The van der Waals surface area contributed by atoms with E-state index in [1.54, 1.807) is 25.1 Å². The number of carbonyl (C=O) groups excluding carboxylic acids is 1. The molecule has 1 saturated heterocycles. The van der Waals surface area contributed by atoms with Gasteiger partial charge in [-0.05, 0) is 49.1 Å². The first-order chi connectivity index (χ1) is 26.4. The van der Waals surface area contributed by atoms with Crippen molar-refractivity contribution in [3.63, 3.8) is 0 Å². The molecule has 7 rings (SSSR count). The Morgan fingerprint density at radius 1 is 0.800 bits per heavy atom. The number of aliphatic hydroxyl groups is 3. The lowest BCUT2D eigenvalue weighted by Gasteiger charge is -2.41. The lowest BCUT2D eigenvalue weighted by atomic mass is 9.78. The lowest BCUT2D eigenvalue weighted by Crippen LogP contribution is -2.60. The molecule has 5 N–H and O–H groups in total. The molecule has 3 aliphatic heterocycles. The van der Waals surface area contributed by atoms with Crippen molar-refractivity contribution in [3.8, 4) is 45.6 Å². The fourth-order valence-electron chi connectivity index (χ4n) is 8.17. The summed E-state index contributed by atoms with van der Waals surface area (Å²) in [6.45, 7) is 4.51. The van der Waals surface area contributed by atoms with Crippen molar-refractivity contribution in [2.24, 2.45) is 0 Å². The zero-order valence-corrected chi connectivity index (χ0v) is 31.6. The molecule has 15 nitrogen and oxygen atoms in total. The summed E-state index contributed by atoms with van der Waals surface area (Å²) < 4.78 is 53.0. The third-order valence-corrected chi connectivity index (χ3v) is 10.8. The Kier molecular flexibility index (Phi) is 10.6. The number of phenolic OH excluding ortho intramolecular Hbond substituents is 2. The molecule has 0 unspecified atom stereocenters. The highest BCUT2D eigenvalue weighted by Crippen LogP contribution is 2.56. The number of aliphatic hydroxyl groups excluding tert-OH is 3. The van der Waals surface area contributed by atoms with Crippen LogP contribution in [0, 0.1) is 0 Å². The molecule has 3 heterocycles. The van der Waals surface area contributed by atoms with E-state index in [-0.39, 0.29) is 42.3 Å². The summed E-state index contributed by atoms with van der Waals surface area (Å²) in [6.07, 6.45) is -8.10. The maximum atomic E-state index is 12.7. The van der Waals surface area contributed by atoms with Gasteiger partial charge >= 0.3 is 5.97 Å². The molecule has 0 radical (unpaired) electrons. The Bertz CT molecular complexity index is 2130. The highest BCUT2D eigenvalue weighted by Gasteiger charge is 2.46. The molecule has 4 aromatic carbocycles. The van der Waals surface area contributed by atoms with Crippen LogP contribution >= 0.6 is 0 Å². The van der Waals surface area contributed by atoms with Gasteiger partial charge in [0.1, 0.15) is 58.9 Å². The number of benzene rings is 4. The van der Waals surface area contributed by atoms with Gasteiger partial charge in [0.2, 0.25) is 6.29 Å². The normalized spacial score (nSPS) is 26.3. The highest BCUT2D eigenvalue weighted by atomic mass is 16.7. The van der Waals surface area contributed by atoms with Crippen LogP contribution < -0.4 is 18.9 Å². The Labute approximate surface area is 316 Å². The SMILES string of the molecule is COc1cc(OC)c2c(O)c3c(c(-c4c5c(c(O)c6c(OC)cc(O[C@@H]7O[C@H](CO)[C@@H](OC)[C@H](O)[C@H]7O)cc46)CO[C@@H](C)C5)c2c1)[C@H](OC(C)=O)[C@H](C)OC3. The molecule has 4 aromatic rings. The predicted molar refractivity (Wildman–Crippen MR) is 196 cm³/mol. The van der Waals surface area contributed by atoms with Crippen molar-refractivity contribution in [1.29, 1.82) is 0 Å². The van der Waals surface area contributed by atoms with Crippen LogP contribution in [-0.2, 0) is 48.1 Å². The van der Waals surface area contributed by atoms with Gasteiger partial charge in [0.15, 0.2) is 6.10 Å². The van der Waals surface area contributed by atoms with Crippen molar-refractivity contribution in [3.05, 3.63) is 46.5 Å². The third kappa shape index (κ3) is 6.43. The number of ether oxygens (including phenoxy) is 9. The fourth-order valence-corrected chi connectivity index (χ4v) is 8.17. The van der Waals surface area contributed by atoms with Crippen molar-refractivity contribution < 1.29 is 73.0 Å². The third-order valence-electron chi connectivity index (χ3n) is 10.8. The van der Waals surface area contributed by atoms with Crippen LogP contribution in [0.5, 0.6) is 34.5 Å². The maximum absolute atomic E-state index is 12.7. The summed E-state index contributed by atoms with van der Waals surface area (Å²) in [6, 6.07) is 6.58. The van der Waals surface area contributed by atoms with Crippen molar-refractivity contribution in [2.75, 3.05) is 35.0 Å². The summed E-state index contributed by atoms with van der Waals surface area (Å²) in [5, 5.41) is 57.6. The van der Waals surface area contributed by atoms with Gasteiger partial charge in [0.05, 0.1) is 64.1 Å². The summed E-state index contributed by atoms with van der Waals surface area (Å²) in [7, 11) is 5.75. The molecule has 55 heavy (non-hydrogen) atoms. The minimum Gasteiger partial charge on any atom is -0.507 e. The molecule has 3 aliphatic rings. The predicted octanol–water partition coefficient (Wildman–Crippen LogP) is 3.91. The van der Waals surface area contributed by atoms with E-state index in [0.29, 0.717) is 72.8 Å². The molecule has 0 saturated carbocycles. The molecule has 0 bridgehead atoms. The van der Waals surface area contributed by atoms with E-state index >= 15 is 0 Å². The van der Waals surface area contributed by atoms with Crippen molar-refractivity contribution >= 4 is 27.5 Å². The quantitative estimate of drug-likeness (QED) is 0.153. The molecular formula is C40H46O15. The van der Waals surface area contributed by atoms with E-state index in [2.05, 4.69) is 0 Å². The van der Waals surface area contributed by atoms with Crippen LogP contribution in [0.3, 0.4) is 0 Å². The second kappa shape index (κ2) is 15.1. The number of carbonyl (C=O) groups is 1. The van der Waals surface area contributed by atoms with Gasteiger partial charge in [-0.1, -0.05) is 0 Å². The van der Waals surface area contributed by atoms with Crippen LogP contribution in [0.15, 0.2) is 24.3 Å². The summed E-state index contributed by atoms with van der Waals surface area (Å²) in [5.41, 5.74) is 3.21. The average molecular weight is 767 g/mol. The molecule has 0 aromatic heterocycles. The summed E-state index contributed by atoms with van der Waals surface area (Å²) in [5.74, 6) is 0.257. The monoisotopic (exact) mass is 766 g/mol. The zero-order chi connectivity index (χ0) is 39.5. The van der Waals surface area contributed by atoms with Crippen LogP contribution in [0.25, 0.3) is 32.7 Å².